The van der Waals surface area contributed by atoms with Crippen LogP contribution in [0.4, 0.5) is 5.13 Å². The van der Waals surface area contributed by atoms with E-state index in [1.54, 1.807) is 50.2 Å². The number of ketones is 1. The number of rotatable bonds is 7. The number of aliphatic hydroxyl groups is 1. The summed E-state index contributed by atoms with van der Waals surface area (Å²) in [7, 11) is 5.67. The van der Waals surface area contributed by atoms with Crippen molar-refractivity contribution >= 4 is 39.9 Å². The normalized spacial score (nSPS) is 16.5. The number of anilines is 1. The summed E-state index contributed by atoms with van der Waals surface area (Å²) in [6.07, 6.45) is 0. The third-order valence-electron chi connectivity index (χ3n) is 6.20. The fourth-order valence-electron chi connectivity index (χ4n) is 4.40. The number of methoxy groups -OCH3 is 4. The summed E-state index contributed by atoms with van der Waals surface area (Å²) < 4.78 is 21.2. The van der Waals surface area contributed by atoms with E-state index in [9.17, 15) is 19.5 Å². The van der Waals surface area contributed by atoms with Crippen LogP contribution in [0.5, 0.6) is 17.2 Å². The number of aromatic nitrogens is 1. The van der Waals surface area contributed by atoms with E-state index in [4.69, 9.17) is 18.9 Å². The Hall–Kier alpha value is -4.38. The molecule has 1 saturated heterocycles. The maximum atomic E-state index is 13.5. The SMILES string of the molecule is COC(=O)c1sc(N2C(=O)C(=O)/C(=C(/O)c3ccc(OC)c(C)c3)C2c2cccc(OC)c2OC)nc1C. The predicted octanol–water partition coefficient (Wildman–Crippen LogP) is 4.20. The molecule has 10 nitrogen and oxygen atoms in total. The van der Waals surface area contributed by atoms with E-state index < -0.39 is 23.7 Å². The number of ether oxygens (including phenoxy) is 4. The van der Waals surface area contributed by atoms with Crippen LogP contribution < -0.4 is 19.1 Å². The second-order valence-corrected chi connectivity index (χ2v) is 9.32. The standard InChI is InChI=1S/C27H26N2O8S/c1-13-12-15(10-11-17(13)34-3)21(30)19-20(16-8-7-9-18(35-4)23(16)36-5)29(25(32)22(19)31)27-28-14(2)24(38-27)26(33)37-6/h7-12,20,30H,1-6H3/b21-19+. The minimum atomic E-state index is -1.14. The number of aryl methyl sites for hydroxylation is 2. The Morgan fingerprint density at radius 1 is 1.00 bits per heavy atom. The molecule has 0 spiro atoms. The van der Waals surface area contributed by atoms with Crippen molar-refractivity contribution in [1.82, 2.24) is 4.98 Å². The Balaban J connectivity index is 2.01. The zero-order chi connectivity index (χ0) is 27.7. The molecule has 3 aromatic rings. The highest BCUT2D eigenvalue weighted by Crippen LogP contribution is 2.48. The minimum absolute atomic E-state index is 0.0878. The van der Waals surface area contributed by atoms with Crippen molar-refractivity contribution in [2.24, 2.45) is 0 Å². The Kier molecular flexibility index (Phi) is 7.40. The smallest absolute Gasteiger partial charge is 0.350 e. The first-order valence-electron chi connectivity index (χ1n) is 11.4. The summed E-state index contributed by atoms with van der Waals surface area (Å²) in [6, 6.07) is 8.79. The maximum absolute atomic E-state index is 13.5. The van der Waals surface area contributed by atoms with Crippen molar-refractivity contribution in [2.75, 3.05) is 33.3 Å². The molecule has 4 rings (SSSR count). The van der Waals surface area contributed by atoms with Gasteiger partial charge in [-0.15, -0.1) is 0 Å². The topological polar surface area (TPSA) is 124 Å². The van der Waals surface area contributed by atoms with Crippen molar-refractivity contribution in [3.8, 4) is 17.2 Å². The second-order valence-electron chi connectivity index (χ2n) is 8.34. The van der Waals surface area contributed by atoms with Gasteiger partial charge in [0.25, 0.3) is 5.78 Å². The minimum Gasteiger partial charge on any atom is -0.507 e. The highest BCUT2D eigenvalue weighted by atomic mass is 32.1. The molecule has 0 bridgehead atoms. The van der Waals surface area contributed by atoms with Crippen LogP contribution in [0.2, 0.25) is 0 Å². The fourth-order valence-corrected chi connectivity index (χ4v) is 5.41. The van der Waals surface area contributed by atoms with Gasteiger partial charge in [0.05, 0.1) is 39.7 Å². The van der Waals surface area contributed by atoms with Gasteiger partial charge in [-0.25, -0.2) is 9.78 Å². The van der Waals surface area contributed by atoms with Crippen molar-refractivity contribution in [3.63, 3.8) is 0 Å². The van der Waals surface area contributed by atoms with Crippen molar-refractivity contribution in [1.29, 1.82) is 0 Å². The molecule has 0 saturated carbocycles. The van der Waals surface area contributed by atoms with E-state index in [0.29, 0.717) is 28.3 Å². The Bertz CT molecular complexity index is 1480. The number of Topliss-reactive ketones (excluding diaryl/α,β-unsaturated/α-hetero) is 1. The fraction of sp³-hybridized carbons (Fsp3) is 0.259. The molecule has 0 aliphatic carbocycles. The highest BCUT2D eigenvalue weighted by molar-refractivity contribution is 7.17. The summed E-state index contributed by atoms with van der Waals surface area (Å²) in [5.41, 5.74) is 1.59. The van der Waals surface area contributed by atoms with Gasteiger partial charge in [-0.3, -0.25) is 14.5 Å². The number of para-hydroxylation sites is 1. The molecule has 1 aromatic heterocycles. The zero-order valence-corrected chi connectivity index (χ0v) is 22.5. The molecule has 198 valence electrons. The average Bonchev–Trinajstić information content (AvgIpc) is 3.43. The van der Waals surface area contributed by atoms with E-state index in [0.717, 1.165) is 21.8 Å². The van der Waals surface area contributed by atoms with E-state index in [1.807, 2.05) is 0 Å². The molecule has 1 atom stereocenters. The molecule has 0 radical (unpaired) electrons. The molecule has 2 heterocycles. The van der Waals surface area contributed by atoms with Crippen LogP contribution in [-0.4, -0.2) is 56.2 Å². The van der Waals surface area contributed by atoms with Gasteiger partial charge >= 0.3 is 11.9 Å². The number of aliphatic hydroxyl groups excluding tert-OH is 1. The van der Waals surface area contributed by atoms with Crippen molar-refractivity contribution in [2.45, 2.75) is 19.9 Å². The summed E-state index contributed by atoms with van der Waals surface area (Å²) in [5.74, 6) is -1.61. The van der Waals surface area contributed by atoms with Gasteiger partial charge in [0.2, 0.25) is 0 Å². The van der Waals surface area contributed by atoms with Gasteiger partial charge in [-0.2, -0.15) is 0 Å². The van der Waals surface area contributed by atoms with Crippen LogP contribution in [0, 0.1) is 13.8 Å². The summed E-state index contributed by atoms with van der Waals surface area (Å²) in [5, 5.41) is 11.5. The third-order valence-corrected chi connectivity index (χ3v) is 7.34. The van der Waals surface area contributed by atoms with Crippen LogP contribution >= 0.6 is 11.3 Å². The van der Waals surface area contributed by atoms with E-state index in [1.165, 1.54) is 28.4 Å². The molecular weight excluding hydrogens is 512 g/mol. The van der Waals surface area contributed by atoms with Gasteiger partial charge in [0.15, 0.2) is 16.6 Å². The molecule has 11 heteroatoms. The predicted molar refractivity (Wildman–Crippen MR) is 140 cm³/mol. The van der Waals surface area contributed by atoms with E-state index in [-0.39, 0.29) is 27.1 Å². The van der Waals surface area contributed by atoms with Gasteiger partial charge in [0.1, 0.15) is 22.4 Å². The number of carbonyl (C=O) groups is 3. The van der Waals surface area contributed by atoms with Gasteiger partial charge in [-0.1, -0.05) is 23.5 Å². The molecule has 1 fully saturated rings. The Labute approximate surface area is 223 Å². The largest absolute Gasteiger partial charge is 0.507 e. The summed E-state index contributed by atoms with van der Waals surface area (Å²) in [4.78, 5) is 45.0. The molecule has 1 aliphatic heterocycles. The number of hydrogen-bond donors (Lipinski definition) is 1. The molecular formula is C27H26N2O8S. The lowest BCUT2D eigenvalue weighted by molar-refractivity contribution is -0.132. The first kappa shape index (κ1) is 26.7. The second kappa shape index (κ2) is 10.5. The maximum Gasteiger partial charge on any atom is 0.350 e. The van der Waals surface area contributed by atoms with Gasteiger partial charge < -0.3 is 24.1 Å². The average molecular weight is 539 g/mol. The number of hydrogen-bond acceptors (Lipinski definition) is 10. The van der Waals surface area contributed by atoms with Crippen molar-refractivity contribution < 1.29 is 38.4 Å². The van der Waals surface area contributed by atoms with Crippen LogP contribution in [-0.2, 0) is 14.3 Å². The summed E-state index contributed by atoms with van der Waals surface area (Å²) >= 11 is 0.908. The number of benzene rings is 2. The monoisotopic (exact) mass is 538 g/mol. The van der Waals surface area contributed by atoms with Crippen molar-refractivity contribution in [3.05, 3.63) is 69.2 Å². The molecule has 38 heavy (non-hydrogen) atoms. The summed E-state index contributed by atoms with van der Waals surface area (Å²) in [6.45, 7) is 3.40. The first-order valence-corrected chi connectivity index (χ1v) is 12.2. The highest BCUT2D eigenvalue weighted by Gasteiger charge is 2.49. The lowest BCUT2D eigenvalue weighted by Gasteiger charge is -2.25. The quantitative estimate of drug-likeness (QED) is 0.204. The van der Waals surface area contributed by atoms with E-state index >= 15 is 0 Å². The number of carbonyl (C=O) groups excluding carboxylic acids is 3. The lowest BCUT2D eigenvalue weighted by atomic mass is 9.94. The molecule has 1 aliphatic rings. The van der Waals surface area contributed by atoms with Crippen LogP contribution in [0.25, 0.3) is 5.76 Å². The van der Waals surface area contributed by atoms with Gasteiger partial charge in [0, 0.05) is 11.1 Å². The Morgan fingerprint density at radius 3 is 2.32 bits per heavy atom. The third kappa shape index (κ3) is 4.34. The van der Waals surface area contributed by atoms with Crippen LogP contribution in [0.1, 0.15) is 38.1 Å². The molecule has 1 unspecified atom stereocenters. The van der Waals surface area contributed by atoms with Crippen LogP contribution in [0.15, 0.2) is 42.0 Å². The van der Waals surface area contributed by atoms with E-state index in [2.05, 4.69) is 4.98 Å². The first-order chi connectivity index (χ1) is 18.2. The number of thiazole rings is 1. The lowest BCUT2D eigenvalue weighted by Crippen LogP contribution is -2.29. The van der Waals surface area contributed by atoms with Crippen LogP contribution in [0.3, 0.4) is 0 Å². The van der Waals surface area contributed by atoms with Gasteiger partial charge in [-0.05, 0) is 43.7 Å². The zero-order valence-electron chi connectivity index (χ0n) is 21.6. The molecule has 2 aromatic carbocycles. The number of amides is 1. The number of nitrogens with zero attached hydrogens (tertiary/aromatic N) is 2. The molecule has 1 amide bonds. The number of esters is 1. The Morgan fingerprint density at radius 2 is 1.71 bits per heavy atom. The molecule has 1 N–H and O–H groups in total.